The number of hydrogen-bond acceptors (Lipinski definition) is 2. The van der Waals surface area contributed by atoms with Gasteiger partial charge in [0.2, 0.25) is 11.8 Å². The average Bonchev–Trinajstić information content (AvgIpc) is 2.38. The van der Waals surface area contributed by atoms with Gasteiger partial charge in [-0.3, -0.25) is 9.59 Å². The monoisotopic (exact) mass is 350 g/mol. The van der Waals surface area contributed by atoms with Crippen LogP contribution in [0.1, 0.15) is 33.3 Å². The maximum absolute atomic E-state index is 13.0. The Morgan fingerprint density at radius 1 is 1.13 bits per heavy atom. The van der Waals surface area contributed by atoms with Crippen molar-refractivity contribution in [3.8, 4) is 0 Å². The van der Waals surface area contributed by atoms with Crippen LogP contribution in [0.15, 0.2) is 18.2 Å². The highest BCUT2D eigenvalue weighted by Crippen LogP contribution is 2.37. The molecule has 0 saturated heterocycles. The molecule has 0 bridgehead atoms. The Morgan fingerprint density at radius 2 is 1.70 bits per heavy atom. The molecule has 2 amide bonds. The van der Waals surface area contributed by atoms with Crippen LogP contribution < -0.4 is 10.6 Å². The van der Waals surface area contributed by atoms with Gasteiger partial charge in [-0.25, -0.2) is 0 Å². The molecule has 0 heterocycles. The van der Waals surface area contributed by atoms with Gasteiger partial charge < -0.3 is 10.6 Å². The largest absolute Gasteiger partial charge is 0.418 e. The molecule has 0 fully saturated rings. The molecule has 1 aromatic carbocycles. The summed E-state index contributed by atoms with van der Waals surface area (Å²) >= 11 is 5.58. The molecule has 2 N–H and O–H groups in total. The molecule has 1 rings (SSSR count). The van der Waals surface area contributed by atoms with E-state index >= 15 is 0 Å². The maximum Gasteiger partial charge on any atom is 0.418 e. The average molecular weight is 351 g/mol. The van der Waals surface area contributed by atoms with E-state index in [2.05, 4.69) is 10.6 Å². The minimum atomic E-state index is -4.68. The predicted molar refractivity (Wildman–Crippen MR) is 82.1 cm³/mol. The standard InChI is InChI=1S/C15H18ClF3N2O2/c1-8(2)20-12(22)14(3,4)13(23)21-11-6-5-9(16)7-10(11)15(17,18)19/h5-8H,1-4H3,(H,20,22)(H,21,23). The molecule has 1 aromatic rings. The zero-order valence-corrected chi connectivity index (χ0v) is 13.9. The number of amides is 2. The molecule has 8 heteroatoms. The fourth-order valence-electron chi connectivity index (χ4n) is 1.68. The van der Waals surface area contributed by atoms with E-state index < -0.39 is 34.7 Å². The molecule has 128 valence electrons. The number of anilines is 1. The SMILES string of the molecule is CC(C)NC(=O)C(C)(C)C(=O)Nc1ccc(Cl)cc1C(F)(F)F. The van der Waals surface area contributed by atoms with Crippen molar-refractivity contribution < 1.29 is 22.8 Å². The summed E-state index contributed by atoms with van der Waals surface area (Å²) < 4.78 is 39.1. The van der Waals surface area contributed by atoms with Crippen molar-refractivity contribution in [3.63, 3.8) is 0 Å². The van der Waals surface area contributed by atoms with Crippen molar-refractivity contribution in [2.24, 2.45) is 5.41 Å². The third kappa shape index (κ3) is 4.86. The van der Waals surface area contributed by atoms with Crippen molar-refractivity contribution in [2.45, 2.75) is 39.9 Å². The summed E-state index contributed by atoms with van der Waals surface area (Å²) in [4.78, 5) is 24.3. The van der Waals surface area contributed by atoms with Gasteiger partial charge >= 0.3 is 6.18 Å². The number of carbonyl (C=O) groups is 2. The second kappa shape index (κ2) is 6.78. The molecule has 0 unspecified atom stereocenters. The van der Waals surface area contributed by atoms with Crippen molar-refractivity contribution >= 4 is 29.1 Å². The zero-order valence-electron chi connectivity index (χ0n) is 13.1. The van der Waals surface area contributed by atoms with Gasteiger partial charge in [0.25, 0.3) is 0 Å². The first-order chi connectivity index (χ1) is 10.4. The van der Waals surface area contributed by atoms with E-state index in [1.807, 2.05) is 0 Å². The molecule has 0 spiro atoms. The summed E-state index contributed by atoms with van der Waals surface area (Å²) in [5.41, 5.74) is -3.05. The molecule has 23 heavy (non-hydrogen) atoms. The van der Waals surface area contributed by atoms with E-state index in [0.717, 1.165) is 12.1 Å². The van der Waals surface area contributed by atoms with Gasteiger partial charge in [-0.2, -0.15) is 13.2 Å². The van der Waals surface area contributed by atoms with E-state index in [-0.39, 0.29) is 11.1 Å². The summed E-state index contributed by atoms with van der Waals surface area (Å²) in [6.45, 7) is 6.10. The molecule has 0 saturated carbocycles. The van der Waals surface area contributed by atoms with Crippen molar-refractivity contribution in [3.05, 3.63) is 28.8 Å². The molecule has 0 aliphatic carbocycles. The number of halogens is 4. The van der Waals surface area contributed by atoms with E-state index in [4.69, 9.17) is 11.6 Å². The number of benzene rings is 1. The fraction of sp³-hybridized carbons (Fsp3) is 0.467. The van der Waals surface area contributed by atoms with Crippen molar-refractivity contribution in [2.75, 3.05) is 5.32 Å². The lowest BCUT2D eigenvalue weighted by Crippen LogP contribution is -2.47. The summed E-state index contributed by atoms with van der Waals surface area (Å²) in [6.07, 6.45) is -4.68. The first-order valence-electron chi connectivity index (χ1n) is 6.85. The Labute approximate surface area is 137 Å². The number of hydrogen-bond donors (Lipinski definition) is 2. The second-order valence-corrected chi connectivity index (χ2v) is 6.33. The maximum atomic E-state index is 13.0. The third-order valence-corrected chi connectivity index (χ3v) is 3.33. The molecule has 0 aliphatic rings. The third-order valence-electron chi connectivity index (χ3n) is 3.09. The van der Waals surface area contributed by atoms with Crippen LogP contribution in [-0.2, 0) is 15.8 Å². The number of carbonyl (C=O) groups excluding carboxylic acids is 2. The van der Waals surface area contributed by atoms with Crippen LogP contribution in [-0.4, -0.2) is 17.9 Å². The molecule has 4 nitrogen and oxygen atoms in total. The van der Waals surface area contributed by atoms with Gasteiger partial charge in [-0.1, -0.05) is 11.6 Å². The normalized spacial score (nSPS) is 12.2. The first-order valence-corrected chi connectivity index (χ1v) is 7.22. The van der Waals surface area contributed by atoms with E-state index in [9.17, 15) is 22.8 Å². The van der Waals surface area contributed by atoms with Crippen molar-refractivity contribution in [1.82, 2.24) is 5.32 Å². The quantitative estimate of drug-likeness (QED) is 0.810. The van der Waals surface area contributed by atoms with Gasteiger partial charge in [0, 0.05) is 11.1 Å². The number of alkyl halides is 3. The minimum Gasteiger partial charge on any atom is -0.353 e. The predicted octanol–water partition coefficient (Wildman–Crippen LogP) is 3.85. The Kier molecular flexibility index (Phi) is 5.69. The molecule has 0 atom stereocenters. The van der Waals surface area contributed by atoms with E-state index in [1.165, 1.54) is 19.9 Å². The van der Waals surface area contributed by atoms with E-state index in [0.29, 0.717) is 0 Å². The Morgan fingerprint density at radius 3 is 2.17 bits per heavy atom. The Hall–Kier alpha value is -1.76. The van der Waals surface area contributed by atoms with Crippen LogP contribution in [0.4, 0.5) is 18.9 Å². The molecule has 0 radical (unpaired) electrons. The number of nitrogens with one attached hydrogen (secondary N) is 2. The van der Waals surface area contributed by atoms with E-state index in [1.54, 1.807) is 13.8 Å². The van der Waals surface area contributed by atoms with Crippen LogP contribution in [0.2, 0.25) is 5.02 Å². The van der Waals surface area contributed by atoms with Crippen LogP contribution >= 0.6 is 11.6 Å². The van der Waals surface area contributed by atoms with Crippen LogP contribution in [0.5, 0.6) is 0 Å². The van der Waals surface area contributed by atoms with Crippen molar-refractivity contribution in [1.29, 1.82) is 0 Å². The van der Waals surface area contributed by atoms with Crippen LogP contribution in [0.3, 0.4) is 0 Å². The van der Waals surface area contributed by atoms with Gasteiger partial charge in [0.05, 0.1) is 11.3 Å². The summed E-state index contributed by atoms with van der Waals surface area (Å²) in [5, 5.41) is 4.62. The van der Waals surface area contributed by atoms with Gasteiger partial charge in [-0.15, -0.1) is 0 Å². The number of rotatable bonds is 4. The lowest BCUT2D eigenvalue weighted by Gasteiger charge is -2.25. The lowest BCUT2D eigenvalue weighted by atomic mass is 9.90. The second-order valence-electron chi connectivity index (χ2n) is 5.89. The molecule has 0 aliphatic heterocycles. The molecular formula is C15H18ClF3N2O2. The highest BCUT2D eigenvalue weighted by molar-refractivity contribution is 6.30. The summed E-state index contributed by atoms with van der Waals surface area (Å²) in [5.74, 6) is -1.42. The zero-order chi connectivity index (χ0) is 18.0. The fourth-order valence-corrected chi connectivity index (χ4v) is 1.86. The molecular weight excluding hydrogens is 333 g/mol. The van der Waals surface area contributed by atoms with Gasteiger partial charge in [0.15, 0.2) is 0 Å². The summed E-state index contributed by atoms with van der Waals surface area (Å²) in [6, 6.07) is 2.81. The molecule has 0 aromatic heterocycles. The highest BCUT2D eigenvalue weighted by Gasteiger charge is 2.39. The van der Waals surface area contributed by atoms with Gasteiger partial charge in [-0.05, 0) is 45.9 Å². The van der Waals surface area contributed by atoms with Crippen LogP contribution in [0.25, 0.3) is 0 Å². The summed E-state index contributed by atoms with van der Waals surface area (Å²) in [7, 11) is 0. The Balaban J connectivity index is 3.08. The highest BCUT2D eigenvalue weighted by atomic mass is 35.5. The first kappa shape index (κ1) is 19.3. The topological polar surface area (TPSA) is 58.2 Å². The Bertz CT molecular complexity index is 613. The lowest BCUT2D eigenvalue weighted by molar-refractivity contribution is -0.138. The minimum absolute atomic E-state index is 0.105. The smallest absolute Gasteiger partial charge is 0.353 e. The van der Waals surface area contributed by atoms with Crippen LogP contribution in [0, 0.1) is 5.41 Å². The van der Waals surface area contributed by atoms with Gasteiger partial charge in [0.1, 0.15) is 5.41 Å².